The van der Waals surface area contributed by atoms with Crippen LogP contribution in [0.5, 0.6) is 0 Å². The van der Waals surface area contributed by atoms with Crippen molar-refractivity contribution in [2.75, 3.05) is 0 Å². The Morgan fingerprint density at radius 1 is 0.281 bits per heavy atom. The molecule has 298 valence electrons. The van der Waals surface area contributed by atoms with Gasteiger partial charge in [0.15, 0.2) is 5.82 Å². The normalized spacial score (nSPS) is 11.8. The molecular weight excluding hydrogens is 779 g/mol. The lowest BCUT2D eigenvalue weighted by molar-refractivity contribution is 1.16. The molecule has 0 N–H and O–H groups in total. The maximum atomic E-state index is 5.32. The van der Waals surface area contributed by atoms with E-state index in [0.717, 1.165) is 78.0 Å². The van der Waals surface area contributed by atoms with Gasteiger partial charge in [0, 0.05) is 71.3 Å². The molecule has 0 bridgehead atoms. The van der Waals surface area contributed by atoms with E-state index >= 15 is 0 Å². The van der Waals surface area contributed by atoms with Gasteiger partial charge < -0.3 is 9.13 Å². The smallest absolute Gasteiger partial charge is 0.160 e. The summed E-state index contributed by atoms with van der Waals surface area (Å²) in [5.41, 5.74) is 14.5. The molecular formula is C59H37N5. The Morgan fingerprint density at radius 3 is 1.55 bits per heavy atom. The van der Waals surface area contributed by atoms with Gasteiger partial charge in [-0.25, -0.2) is 15.0 Å². The van der Waals surface area contributed by atoms with Crippen LogP contribution in [-0.2, 0) is 0 Å². The molecule has 5 heteroatoms. The first-order chi connectivity index (χ1) is 31.7. The average molecular weight is 816 g/mol. The van der Waals surface area contributed by atoms with Gasteiger partial charge in [-0.05, 0) is 60.7 Å². The number of para-hydroxylation sites is 4. The fourth-order valence-electron chi connectivity index (χ4n) is 9.84. The predicted molar refractivity (Wildman–Crippen MR) is 265 cm³/mol. The van der Waals surface area contributed by atoms with Crippen LogP contribution in [0.4, 0.5) is 0 Å². The lowest BCUT2D eigenvalue weighted by atomic mass is 9.96. The van der Waals surface area contributed by atoms with E-state index in [4.69, 9.17) is 15.0 Å². The number of hydrogen-bond donors (Lipinski definition) is 0. The molecule has 0 saturated carbocycles. The topological polar surface area (TPSA) is 48.5 Å². The minimum absolute atomic E-state index is 0.678. The van der Waals surface area contributed by atoms with Gasteiger partial charge >= 0.3 is 0 Å². The van der Waals surface area contributed by atoms with Gasteiger partial charge in [0.1, 0.15) is 0 Å². The van der Waals surface area contributed by atoms with Crippen LogP contribution in [0.2, 0.25) is 0 Å². The quantitative estimate of drug-likeness (QED) is 0.157. The second kappa shape index (κ2) is 14.5. The fourth-order valence-corrected chi connectivity index (χ4v) is 9.84. The van der Waals surface area contributed by atoms with Crippen molar-refractivity contribution in [1.82, 2.24) is 24.1 Å². The van der Waals surface area contributed by atoms with Crippen LogP contribution >= 0.6 is 0 Å². The summed E-state index contributed by atoms with van der Waals surface area (Å²) >= 11 is 0. The first-order valence-electron chi connectivity index (χ1n) is 21.7. The van der Waals surface area contributed by atoms with Gasteiger partial charge in [-0.2, -0.15) is 0 Å². The third-order valence-electron chi connectivity index (χ3n) is 12.7. The van der Waals surface area contributed by atoms with Crippen LogP contribution in [0.25, 0.3) is 122 Å². The Bertz CT molecular complexity index is 3890. The standard InChI is InChI=1S/C59H37N5/c1-4-17-38(18-5-1)58-48-33-34-54-57(56(48)46-27-10-13-28-49(46)60-58)47-32-31-41(36-55(47)63(54)42-22-8-3-9-23-42)51-37-50(61-59(62-51)39-19-6-2-7-20-39)40-21-16-24-43(35-40)64-52-29-14-11-25-44(52)45-26-12-15-30-53(45)64/h1-37H. The molecule has 0 aliphatic heterocycles. The van der Waals surface area contributed by atoms with Gasteiger partial charge in [-0.1, -0.05) is 164 Å². The van der Waals surface area contributed by atoms with Crippen molar-refractivity contribution in [1.29, 1.82) is 0 Å². The van der Waals surface area contributed by atoms with Gasteiger partial charge in [0.05, 0.1) is 44.7 Å². The fraction of sp³-hybridized carbons (Fsp3) is 0. The summed E-state index contributed by atoms with van der Waals surface area (Å²) in [5, 5.41) is 8.30. The van der Waals surface area contributed by atoms with E-state index in [1.54, 1.807) is 0 Å². The summed E-state index contributed by atoms with van der Waals surface area (Å²) < 4.78 is 4.76. The van der Waals surface area contributed by atoms with Gasteiger partial charge in [0.25, 0.3) is 0 Å². The highest BCUT2D eigenvalue weighted by atomic mass is 15.0. The summed E-state index contributed by atoms with van der Waals surface area (Å²) in [6, 6.07) is 79.6. The lowest BCUT2D eigenvalue weighted by Gasteiger charge is -2.13. The Kier molecular flexibility index (Phi) is 8.15. The summed E-state index contributed by atoms with van der Waals surface area (Å²) in [7, 11) is 0. The molecule has 5 nitrogen and oxygen atoms in total. The SMILES string of the molecule is c1ccc(-c2nc(-c3cccc(-n4c5ccccc5c5ccccc54)c3)cc(-c3ccc4c5c6c(ccc5n(-c5ccccc5)c4c3)c(-c3ccccc3)nc3ccccc36)n2)cc1. The molecule has 4 aromatic heterocycles. The Morgan fingerprint density at radius 2 is 0.828 bits per heavy atom. The predicted octanol–water partition coefficient (Wildman–Crippen LogP) is 15.0. The molecule has 0 aliphatic carbocycles. The summed E-state index contributed by atoms with van der Waals surface area (Å²) in [6.07, 6.45) is 0. The number of fused-ring (bicyclic) bond motifs is 10. The van der Waals surface area contributed by atoms with Crippen molar-refractivity contribution in [2.45, 2.75) is 0 Å². The maximum Gasteiger partial charge on any atom is 0.160 e. The second-order valence-electron chi connectivity index (χ2n) is 16.4. The van der Waals surface area contributed by atoms with E-state index in [2.05, 4.69) is 215 Å². The number of pyridine rings is 1. The monoisotopic (exact) mass is 815 g/mol. The van der Waals surface area contributed by atoms with E-state index in [0.29, 0.717) is 5.82 Å². The summed E-state index contributed by atoms with van der Waals surface area (Å²) in [5.74, 6) is 0.678. The third kappa shape index (κ3) is 5.68. The van der Waals surface area contributed by atoms with E-state index in [9.17, 15) is 0 Å². The maximum absolute atomic E-state index is 5.32. The van der Waals surface area contributed by atoms with E-state index in [-0.39, 0.29) is 0 Å². The molecule has 0 fully saturated rings. The van der Waals surface area contributed by atoms with Crippen molar-refractivity contribution in [3.63, 3.8) is 0 Å². The zero-order chi connectivity index (χ0) is 42.1. The summed E-state index contributed by atoms with van der Waals surface area (Å²) in [6.45, 7) is 0. The highest BCUT2D eigenvalue weighted by Gasteiger charge is 2.21. The van der Waals surface area contributed by atoms with Crippen LogP contribution < -0.4 is 0 Å². The first-order valence-corrected chi connectivity index (χ1v) is 21.7. The van der Waals surface area contributed by atoms with Crippen molar-refractivity contribution < 1.29 is 0 Å². The minimum atomic E-state index is 0.678. The highest BCUT2D eigenvalue weighted by molar-refractivity contribution is 6.29. The number of hydrogen-bond acceptors (Lipinski definition) is 3. The number of aromatic nitrogens is 5. The van der Waals surface area contributed by atoms with Crippen molar-refractivity contribution in [3.8, 4) is 56.5 Å². The largest absolute Gasteiger partial charge is 0.309 e. The molecule has 0 atom stereocenters. The highest BCUT2D eigenvalue weighted by Crippen LogP contribution is 2.43. The van der Waals surface area contributed by atoms with Crippen LogP contribution in [0.15, 0.2) is 224 Å². The van der Waals surface area contributed by atoms with Crippen LogP contribution in [0, 0.1) is 0 Å². The number of rotatable bonds is 6. The lowest BCUT2D eigenvalue weighted by Crippen LogP contribution is -1.98. The average Bonchev–Trinajstić information content (AvgIpc) is 3.89. The van der Waals surface area contributed by atoms with Crippen molar-refractivity contribution in [2.24, 2.45) is 0 Å². The number of nitrogens with zero attached hydrogens (tertiary/aromatic N) is 5. The Balaban J connectivity index is 1.05. The molecule has 0 unspecified atom stereocenters. The molecule has 0 radical (unpaired) electrons. The van der Waals surface area contributed by atoms with E-state index < -0.39 is 0 Å². The van der Waals surface area contributed by atoms with Crippen LogP contribution in [0.3, 0.4) is 0 Å². The first kappa shape index (κ1) is 36.0. The molecule has 0 spiro atoms. The molecule has 9 aromatic carbocycles. The molecule has 0 aliphatic rings. The van der Waals surface area contributed by atoms with Crippen LogP contribution in [-0.4, -0.2) is 24.1 Å². The Labute approximate surface area is 368 Å². The van der Waals surface area contributed by atoms with Crippen LogP contribution in [0.1, 0.15) is 0 Å². The molecule has 13 rings (SSSR count). The van der Waals surface area contributed by atoms with Gasteiger partial charge in [0.2, 0.25) is 0 Å². The zero-order valence-corrected chi connectivity index (χ0v) is 34.6. The van der Waals surface area contributed by atoms with Crippen molar-refractivity contribution in [3.05, 3.63) is 224 Å². The van der Waals surface area contributed by atoms with E-state index in [1.165, 1.54) is 38.0 Å². The van der Waals surface area contributed by atoms with E-state index in [1.807, 2.05) is 18.2 Å². The molecule has 64 heavy (non-hydrogen) atoms. The molecule has 13 aromatic rings. The van der Waals surface area contributed by atoms with Gasteiger partial charge in [-0.15, -0.1) is 0 Å². The molecule has 4 heterocycles. The Hall–Kier alpha value is -8.67. The zero-order valence-electron chi connectivity index (χ0n) is 34.6. The molecule has 0 saturated heterocycles. The minimum Gasteiger partial charge on any atom is -0.309 e. The third-order valence-corrected chi connectivity index (χ3v) is 12.7. The van der Waals surface area contributed by atoms with Gasteiger partial charge in [-0.3, -0.25) is 0 Å². The second-order valence-corrected chi connectivity index (χ2v) is 16.4. The van der Waals surface area contributed by atoms with Crippen molar-refractivity contribution >= 4 is 65.3 Å². The summed E-state index contributed by atoms with van der Waals surface area (Å²) in [4.78, 5) is 15.9. The number of benzene rings is 9. The molecule has 0 amide bonds.